The highest BCUT2D eigenvalue weighted by molar-refractivity contribution is 5.99. The average molecular weight is 352 g/mol. The van der Waals surface area contributed by atoms with Crippen molar-refractivity contribution in [1.29, 1.82) is 10.5 Å². The minimum absolute atomic E-state index is 0.111. The van der Waals surface area contributed by atoms with Gasteiger partial charge in [0.05, 0.1) is 12.2 Å². The Morgan fingerprint density at radius 2 is 1.12 bits per heavy atom. The van der Waals surface area contributed by atoms with E-state index in [2.05, 4.69) is 0 Å². The third kappa shape index (κ3) is 6.62. The van der Waals surface area contributed by atoms with E-state index in [4.69, 9.17) is 20.0 Å². The van der Waals surface area contributed by atoms with Crippen LogP contribution >= 0.6 is 0 Å². The number of rotatable bonds is 6. The topological polar surface area (TPSA) is 100 Å². The summed E-state index contributed by atoms with van der Waals surface area (Å²) in [7, 11) is 0. The highest BCUT2D eigenvalue weighted by Crippen LogP contribution is 2.14. The first kappa shape index (κ1) is 20.7. The van der Waals surface area contributed by atoms with Crippen LogP contribution in [-0.2, 0) is 19.1 Å². The predicted molar refractivity (Wildman–Crippen MR) is 96.1 cm³/mol. The van der Waals surface area contributed by atoms with Gasteiger partial charge in [-0.1, -0.05) is 24.3 Å². The van der Waals surface area contributed by atoms with Crippen molar-refractivity contribution in [3.8, 4) is 12.1 Å². The number of esters is 2. The second-order valence-electron chi connectivity index (χ2n) is 5.91. The van der Waals surface area contributed by atoms with Crippen LogP contribution in [0.25, 0.3) is 12.2 Å². The zero-order chi connectivity index (χ0) is 19.7. The maximum Gasteiger partial charge on any atom is 0.349 e. The average Bonchev–Trinajstić information content (AvgIpc) is 2.57. The van der Waals surface area contributed by atoms with E-state index in [9.17, 15) is 9.59 Å². The molecule has 134 valence electrons. The van der Waals surface area contributed by atoms with Crippen molar-refractivity contribution < 1.29 is 19.1 Å². The normalized spacial score (nSPS) is 11.7. The second kappa shape index (κ2) is 9.80. The minimum atomic E-state index is -0.685. The van der Waals surface area contributed by atoms with Gasteiger partial charge in [0.25, 0.3) is 0 Å². The third-order valence-corrected chi connectivity index (χ3v) is 2.92. The molecule has 0 saturated carbocycles. The molecule has 0 unspecified atom stereocenters. The van der Waals surface area contributed by atoms with E-state index in [1.54, 1.807) is 52.0 Å². The number of ether oxygens (including phenoxy) is 2. The minimum Gasteiger partial charge on any atom is -0.459 e. The van der Waals surface area contributed by atoms with E-state index < -0.39 is 11.9 Å². The molecule has 0 aliphatic heterocycles. The van der Waals surface area contributed by atoms with Gasteiger partial charge in [0.2, 0.25) is 0 Å². The van der Waals surface area contributed by atoms with Crippen molar-refractivity contribution in [3.63, 3.8) is 0 Å². The van der Waals surface area contributed by atoms with Crippen LogP contribution in [0.15, 0.2) is 35.4 Å². The molecule has 0 heterocycles. The smallest absolute Gasteiger partial charge is 0.349 e. The van der Waals surface area contributed by atoms with E-state index in [1.165, 1.54) is 12.2 Å². The lowest BCUT2D eigenvalue weighted by molar-refractivity contribution is -0.143. The Bertz CT molecular complexity index is 735. The zero-order valence-corrected chi connectivity index (χ0v) is 15.1. The molecule has 0 fully saturated rings. The molecular formula is C20H20N2O4. The number of nitriles is 2. The van der Waals surface area contributed by atoms with Gasteiger partial charge >= 0.3 is 11.9 Å². The van der Waals surface area contributed by atoms with Crippen LogP contribution in [0.5, 0.6) is 0 Å². The highest BCUT2D eigenvalue weighted by Gasteiger charge is 2.13. The van der Waals surface area contributed by atoms with Gasteiger partial charge in [-0.25, -0.2) is 9.59 Å². The molecule has 6 nitrogen and oxygen atoms in total. The van der Waals surface area contributed by atoms with E-state index in [0.717, 1.165) is 0 Å². The standard InChI is InChI=1S/C20H20N2O4/c1-13(2)25-19(23)17(11-21)9-15-5-7-16(8-6-15)10-18(12-22)20(24)26-14(3)4/h5-10,13-14H,1-4H3. The van der Waals surface area contributed by atoms with Crippen LogP contribution in [0.2, 0.25) is 0 Å². The first-order chi connectivity index (χ1) is 12.3. The molecule has 26 heavy (non-hydrogen) atoms. The van der Waals surface area contributed by atoms with Crippen molar-refractivity contribution >= 4 is 24.1 Å². The number of carbonyl (C=O) groups excluding carboxylic acids is 2. The van der Waals surface area contributed by atoms with Gasteiger partial charge in [-0.15, -0.1) is 0 Å². The highest BCUT2D eigenvalue weighted by atomic mass is 16.5. The van der Waals surface area contributed by atoms with Gasteiger partial charge < -0.3 is 9.47 Å². The van der Waals surface area contributed by atoms with Gasteiger partial charge in [0, 0.05) is 0 Å². The third-order valence-electron chi connectivity index (χ3n) is 2.92. The number of carbonyl (C=O) groups is 2. The van der Waals surface area contributed by atoms with Crippen LogP contribution in [0.3, 0.4) is 0 Å². The van der Waals surface area contributed by atoms with E-state index in [1.807, 2.05) is 12.1 Å². The first-order valence-corrected chi connectivity index (χ1v) is 8.02. The number of nitrogens with zero attached hydrogens (tertiary/aromatic N) is 2. The molecule has 1 aromatic carbocycles. The van der Waals surface area contributed by atoms with Crippen molar-refractivity contribution in [2.24, 2.45) is 0 Å². The zero-order valence-electron chi connectivity index (χ0n) is 15.1. The molecule has 0 aliphatic rings. The Labute approximate surface area is 152 Å². The molecule has 0 aliphatic carbocycles. The summed E-state index contributed by atoms with van der Waals surface area (Å²) >= 11 is 0. The van der Waals surface area contributed by atoms with Crippen molar-refractivity contribution in [2.75, 3.05) is 0 Å². The summed E-state index contributed by atoms with van der Waals surface area (Å²) in [5.41, 5.74) is 1.01. The van der Waals surface area contributed by atoms with Crippen LogP contribution in [-0.4, -0.2) is 24.1 Å². The molecule has 0 amide bonds. The van der Waals surface area contributed by atoms with E-state index in [0.29, 0.717) is 11.1 Å². The first-order valence-electron chi connectivity index (χ1n) is 8.02. The van der Waals surface area contributed by atoms with Gasteiger partial charge in [0.1, 0.15) is 23.3 Å². The molecule has 0 atom stereocenters. The monoisotopic (exact) mass is 352 g/mol. The fourth-order valence-corrected chi connectivity index (χ4v) is 1.85. The predicted octanol–water partition coefficient (Wildman–Crippen LogP) is 3.40. The lowest BCUT2D eigenvalue weighted by Crippen LogP contribution is -2.12. The Kier molecular flexibility index (Phi) is 7.79. The largest absolute Gasteiger partial charge is 0.459 e. The lowest BCUT2D eigenvalue weighted by Gasteiger charge is -2.07. The van der Waals surface area contributed by atoms with E-state index in [-0.39, 0.29) is 23.4 Å². The van der Waals surface area contributed by atoms with Crippen LogP contribution in [0.4, 0.5) is 0 Å². The summed E-state index contributed by atoms with van der Waals surface area (Å²) in [5.74, 6) is -1.37. The molecule has 0 bridgehead atoms. The van der Waals surface area contributed by atoms with Crippen molar-refractivity contribution in [3.05, 3.63) is 46.5 Å². The Hall–Kier alpha value is -3.38. The lowest BCUT2D eigenvalue weighted by atomic mass is 10.1. The quantitative estimate of drug-likeness (QED) is 0.442. The molecule has 0 spiro atoms. The fraction of sp³-hybridized carbons (Fsp3) is 0.300. The van der Waals surface area contributed by atoms with E-state index >= 15 is 0 Å². The molecule has 0 radical (unpaired) electrons. The summed E-state index contributed by atoms with van der Waals surface area (Å²) in [6, 6.07) is 10.3. The summed E-state index contributed by atoms with van der Waals surface area (Å²) in [6.07, 6.45) is 2.19. The van der Waals surface area contributed by atoms with Crippen molar-refractivity contribution in [1.82, 2.24) is 0 Å². The number of hydrogen-bond donors (Lipinski definition) is 0. The Morgan fingerprint density at radius 1 is 0.808 bits per heavy atom. The van der Waals surface area contributed by atoms with Crippen LogP contribution in [0, 0.1) is 22.7 Å². The summed E-state index contributed by atoms with van der Waals surface area (Å²) < 4.78 is 10.00. The Balaban J connectivity index is 3.01. The molecule has 1 aromatic rings. The second-order valence-corrected chi connectivity index (χ2v) is 5.91. The van der Waals surface area contributed by atoms with Gasteiger partial charge in [-0.2, -0.15) is 10.5 Å². The number of benzene rings is 1. The Morgan fingerprint density at radius 3 is 1.35 bits per heavy atom. The molecule has 0 N–H and O–H groups in total. The maximum atomic E-state index is 11.8. The SMILES string of the molecule is CC(C)OC(=O)C(C#N)=Cc1ccc(C=C(C#N)C(=O)OC(C)C)cc1. The fourth-order valence-electron chi connectivity index (χ4n) is 1.85. The molecule has 6 heteroatoms. The van der Waals surface area contributed by atoms with Crippen molar-refractivity contribution in [2.45, 2.75) is 39.9 Å². The summed E-state index contributed by atoms with van der Waals surface area (Å²) in [6.45, 7) is 6.80. The molecular weight excluding hydrogens is 332 g/mol. The van der Waals surface area contributed by atoms with Gasteiger partial charge in [-0.05, 0) is 51.0 Å². The summed E-state index contributed by atoms with van der Waals surface area (Å²) in [5, 5.41) is 18.2. The van der Waals surface area contributed by atoms with Crippen LogP contribution in [0.1, 0.15) is 38.8 Å². The maximum absolute atomic E-state index is 11.8. The molecule has 0 saturated heterocycles. The summed E-state index contributed by atoms with van der Waals surface area (Å²) in [4.78, 5) is 23.6. The van der Waals surface area contributed by atoms with Crippen LogP contribution < -0.4 is 0 Å². The number of hydrogen-bond acceptors (Lipinski definition) is 6. The molecule has 1 rings (SSSR count). The molecule has 0 aromatic heterocycles. The van der Waals surface area contributed by atoms with Gasteiger partial charge in [0.15, 0.2) is 0 Å². The van der Waals surface area contributed by atoms with Gasteiger partial charge in [-0.3, -0.25) is 0 Å².